The predicted molar refractivity (Wildman–Crippen MR) is 48.1 cm³/mol. The molecule has 0 aliphatic carbocycles. The highest BCUT2D eigenvalue weighted by molar-refractivity contribution is 4.95. The second-order valence-corrected chi connectivity index (χ2v) is 2.60. The second kappa shape index (κ2) is 6.60. The van der Waals surface area contributed by atoms with E-state index in [0.29, 0.717) is 0 Å². The molecule has 0 N–H and O–H groups in total. The molecule has 0 heteroatoms. The van der Waals surface area contributed by atoms with Crippen molar-refractivity contribution in [2.45, 2.75) is 40.0 Å². The Labute approximate surface area is 64.6 Å². The van der Waals surface area contributed by atoms with Gasteiger partial charge >= 0.3 is 0 Å². The zero-order chi connectivity index (χ0) is 7.82. The SMILES string of the molecule is C/C=C/CCC/C(C)=C/C. The molecule has 0 saturated heterocycles. The van der Waals surface area contributed by atoms with E-state index in [2.05, 4.69) is 39.0 Å². The predicted octanol–water partition coefficient (Wildman–Crippen LogP) is 3.70. The maximum atomic E-state index is 2.23. The van der Waals surface area contributed by atoms with Crippen molar-refractivity contribution in [3.8, 4) is 0 Å². The van der Waals surface area contributed by atoms with Gasteiger partial charge in [0.25, 0.3) is 0 Å². The first-order valence-corrected chi connectivity index (χ1v) is 4.04. The molecule has 0 aromatic heterocycles. The van der Waals surface area contributed by atoms with Gasteiger partial charge in [-0.3, -0.25) is 0 Å². The highest BCUT2D eigenvalue weighted by atomic mass is 13.9. The Balaban J connectivity index is 3.20. The monoisotopic (exact) mass is 138 g/mol. The highest BCUT2D eigenvalue weighted by Gasteiger charge is 1.85. The standard InChI is InChI=1S/C10H18/c1-4-6-7-8-9-10(3)5-2/h4-6H,7-9H2,1-3H3/b6-4+,10-5+. The van der Waals surface area contributed by atoms with Gasteiger partial charge in [0.15, 0.2) is 0 Å². The van der Waals surface area contributed by atoms with Crippen LogP contribution in [-0.2, 0) is 0 Å². The minimum atomic E-state index is 1.22. The summed E-state index contributed by atoms with van der Waals surface area (Å²) in [7, 11) is 0. The summed E-state index contributed by atoms with van der Waals surface area (Å²) in [5.41, 5.74) is 1.50. The molecule has 0 spiro atoms. The third-order valence-electron chi connectivity index (χ3n) is 1.67. The Morgan fingerprint density at radius 2 is 2.00 bits per heavy atom. The summed E-state index contributed by atoms with van der Waals surface area (Å²) in [5.74, 6) is 0. The van der Waals surface area contributed by atoms with Crippen LogP contribution in [0.3, 0.4) is 0 Å². The van der Waals surface area contributed by atoms with E-state index in [1.807, 2.05) is 0 Å². The Bertz CT molecular complexity index is 118. The van der Waals surface area contributed by atoms with E-state index in [1.54, 1.807) is 0 Å². The average molecular weight is 138 g/mol. The fourth-order valence-electron chi connectivity index (χ4n) is 0.810. The second-order valence-electron chi connectivity index (χ2n) is 2.60. The van der Waals surface area contributed by atoms with Crippen molar-refractivity contribution in [2.24, 2.45) is 0 Å². The van der Waals surface area contributed by atoms with Crippen LogP contribution in [0.15, 0.2) is 23.8 Å². The molecule has 0 nitrogen and oxygen atoms in total. The summed E-state index contributed by atoms with van der Waals surface area (Å²) in [6.07, 6.45) is 10.3. The molecule has 0 aromatic rings. The minimum absolute atomic E-state index is 1.22. The molecule has 58 valence electrons. The Kier molecular flexibility index (Phi) is 6.25. The Morgan fingerprint density at radius 3 is 2.50 bits per heavy atom. The lowest BCUT2D eigenvalue weighted by molar-refractivity contribution is 0.830. The summed E-state index contributed by atoms with van der Waals surface area (Å²) in [5, 5.41) is 0. The normalized spacial score (nSPS) is 12.9. The minimum Gasteiger partial charge on any atom is -0.0917 e. The molecule has 0 heterocycles. The van der Waals surface area contributed by atoms with Crippen molar-refractivity contribution in [3.05, 3.63) is 23.8 Å². The molecule has 0 aliphatic rings. The maximum absolute atomic E-state index is 2.23. The first-order valence-electron chi connectivity index (χ1n) is 4.04. The summed E-state index contributed by atoms with van der Waals surface area (Å²) in [6.45, 7) is 6.36. The van der Waals surface area contributed by atoms with Gasteiger partial charge in [-0.2, -0.15) is 0 Å². The molecule has 0 saturated carbocycles. The molecular weight excluding hydrogens is 120 g/mol. The summed E-state index contributed by atoms with van der Waals surface area (Å²) in [4.78, 5) is 0. The van der Waals surface area contributed by atoms with E-state index in [9.17, 15) is 0 Å². The van der Waals surface area contributed by atoms with Crippen LogP contribution in [0, 0.1) is 0 Å². The van der Waals surface area contributed by atoms with Crippen LogP contribution in [-0.4, -0.2) is 0 Å². The fourth-order valence-corrected chi connectivity index (χ4v) is 0.810. The van der Waals surface area contributed by atoms with Gasteiger partial charge in [0.05, 0.1) is 0 Å². The molecule has 10 heavy (non-hydrogen) atoms. The lowest BCUT2D eigenvalue weighted by atomic mass is 10.1. The first kappa shape index (κ1) is 9.48. The topological polar surface area (TPSA) is 0 Å². The van der Waals surface area contributed by atoms with Crippen LogP contribution in [0.25, 0.3) is 0 Å². The van der Waals surface area contributed by atoms with Crippen molar-refractivity contribution in [1.29, 1.82) is 0 Å². The molecule has 0 aliphatic heterocycles. The van der Waals surface area contributed by atoms with Gasteiger partial charge in [-0.25, -0.2) is 0 Å². The van der Waals surface area contributed by atoms with Gasteiger partial charge in [-0.05, 0) is 40.0 Å². The van der Waals surface area contributed by atoms with Gasteiger partial charge in [-0.15, -0.1) is 0 Å². The largest absolute Gasteiger partial charge is 0.0917 e. The van der Waals surface area contributed by atoms with Crippen LogP contribution < -0.4 is 0 Å². The van der Waals surface area contributed by atoms with E-state index >= 15 is 0 Å². The summed E-state index contributed by atoms with van der Waals surface area (Å²) in [6, 6.07) is 0. The van der Waals surface area contributed by atoms with Crippen LogP contribution in [0.1, 0.15) is 40.0 Å². The fraction of sp³-hybridized carbons (Fsp3) is 0.600. The lowest BCUT2D eigenvalue weighted by Crippen LogP contribution is -1.75. The molecule has 0 unspecified atom stereocenters. The summed E-state index contributed by atoms with van der Waals surface area (Å²) >= 11 is 0. The molecular formula is C10H18. The number of hydrogen-bond donors (Lipinski definition) is 0. The van der Waals surface area contributed by atoms with Crippen LogP contribution >= 0.6 is 0 Å². The third-order valence-corrected chi connectivity index (χ3v) is 1.67. The average Bonchev–Trinajstić information content (AvgIpc) is 1.98. The molecule has 0 radical (unpaired) electrons. The lowest BCUT2D eigenvalue weighted by Gasteiger charge is -1.95. The van der Waals surface area contributed by atoms with Crippen molar-refractivity contribution in [1.82, 2.24) is 0 Å². The van der Waals surface area contributed by atoms with Crippen LogP contribution in [0.5, 0.6) is 0 Å². The maximum Gasteiger partial charge on any atom is -0.0320 e. The van der Waals surface area contributed by atoms with Gasteiger partial charge in [0.1, 0.15) is 0 Å². The molecule has 0 fully saturated rings. The molecule has 0 aromatic carbocycles. The van der Waals surface area contributed by atoms with Crippen LogP contribution in [0.2, 0.25) is 0 Å². The number of hydrogen-bond acceptors (Lipinski definition) is 0. The number of allylic oxidation sites excluding steroid dienone is 4. The molecule has 0 bridgehead atoms. The third kappa shape index (κ3) is 5.61. The Hall–Kier alpha value is -0.520. The van der Waals surface area contributed by atoms with Gasteiger partial charge in [0.2, 0.25) is 0 Å². The van der Waals surface area contributed by atoms with Gasteiger partial charge in [-0.1, -0.05) is 23.8 Å². The first-order chi connectivity index (χ1) is 4.81. The van der Waals surface area contributed by atoms with E-state index in [4.69, 9.17) is 0 Å². The van der Waals surface area contributed by atoms with E-state index in [1.165, 1.54) is 24.8 Å². The van der Waals surface area contributed by atoms with Crippen LogP contribution in [0.4, 0.5) is 0 Å². The van der Waals surface area contributed by atoms with Crippen molar-refractivity contribution in [3.63, 3.8) is 0 Å². The quantitative estimate of drug-likeness (QED) is 0.410. The molecule has 0 atom stereocenters. The van der Waals surface area contributed by atoms with Gasteiger partial charge in [0, 0.05) is 0 Å². The highest BCUT2D eigenvalue weighted by Crippen LogP contribution is 2.05. The zero-order valence-corrected chi connectivity index (χ0v) is 7.35. The van der Waals surface area contributed by atoms with Gasteiger partial charge < -0.3 is 0 Å². The van der Waals surface area contributed by atoms with E-state index in [0.717, 1.165) is 0 Å². The van der Waals surface area contributed by atoms with E-state index < -0.39 is 0 Å². The summed E-state index contributed by atoms with van der Waals surface area (Å²) < 4.78 is 0. The number of rotatable bonds is 4. The molecule has 0 rings (SSSR count). The Morgan fingerprint density at radius 1 is 1.30 bits per heavy atom. The van der Waals surface area contributed by atoms with Crippen molar-refractivity contribution in [2.75, 3.05) is 0 Å². The zero-order valence-electron chi connectivity index (χ0n) is 7.35. The van der Waals surface area contributed by atoms with E-state index in [-0.39, 0.29) is 0 Å². The molecule has 0 amide bonds. The number of unbranched alkanes of at least 4 members (excludes halogenated alkanes) is 1. The van der Waals surface area contributed by atoms with Crippen molar-refractivity contribution < 1.29 is 0 Å². The van der Waals surface area contributed by atoms with Crippen molar-refractivity contribution >= 4 is 0 Å². The smallest absolute Gasteiger partial charge is 0.0320 e.